The van der Waals surface area contributed by atoms with E-state index in [0.717, 1.165) is 0 Å². The molecule has 11 heavy (non-hydrogen) atoms. The van der Waals surface area contributed by atoms with Crippen molar-refractivity contribution in [1.82, 2.24) is 0 Å². The Bertz CT molecular complexity index is 161. The molecule has 0 spiro atoms. The van der Waals surface area contributed by atoms with E-state index in [4.69, 9.17) is 0 Å². The van der Waals surface area contributed by atoms with Crippen LogP contribution in [0.5, 0.6) is 0 Å². The molecule has 0 bridgehead atoms. The van der Waals surface area contributed by atoms with E-state index in [1.165, 1.54) is 12.2 Å². The number of rotatable bonds is 6. The van der Waals surface area contributed by atoms with Gasteiger partial charge >= 0.3 is 7.82 Å². The largest absolute Gasteiger partial charge is 0.503 e. The molecule has 0 aliphatic carbocycles. The van der Waals surface area contributed by atoms with E-state index >= 15 is 0 Å². The summed E-state index contributed by atoms with van der Waals surface area (Å²) in [7, 11) is -4.12. The van der Waals surface area contributed by atoms with Crippen LogP contribution in [0.4, 0.5) is 0 Å². The smallest absolute Gasteiger partial charge is 0.281 e. The van der Waals surface area contributed by atoms with Crippen molar-refractivity contribution in [3.63, 3.8) is 0 Å². The van der Waals surface area contributed by atoms with Crippen molar-refractivity contribution in [3.8, 4) is 0 Å². The van der Waals surface area contributed by atoms with E-state index in [1.807, 2.05) is 0 Å². The van der Waals surface area contributed by atoms with Crippen molar-refractivity contribution in [2.75, 3.05) is 13.2 Å². The maximum absolute atomic E-state index is 10.6. The summed E-state index contributed by atoms with van der Waals surface area (Å²) in [5.41, 5.74) is 0. The lowest BCUT2D eigenvalue weighted by atomic mass is 10.7. The Hall–Kier alpha value is -0.410. The normalized spacial score (nSPS) is 11.0. The maximum Gasteiger partial charge on any atom is 0.503 e. The fourth-order valence-corrected chi connectivity index (χ4v) is 0.976. The Morgan fingerprint density at radius 3 is 1.82 bits per heavy atom. The van der Waals surface area contributed by atoms with Crippen LogP contribution in [0.15, 0.2) is 25.3 Å². The highest BCUT2D eigenvalue weighted by atomic mass is 31.2. The topological polar surface area (TPSA) is 55.4 Å². The van der Waals surface area contributed by atoms with Gasteiger partial charge in [0.05, 0.1) is 13.2 Å². The molecule has 0 atom stereocenters. The minimum atomic E-state index is -4.12. The number of hydrogen-bond acceptors (Lipinski definition) is 3. The Morgan fingerprint density at radius 2 is 1.55 bits per heavy atom. The average Bonchev–Trinajstić information content (AvgIpc) is 1.97. The molecule has 1 radical (unpaired) electrons. The van der Waals surface area contributed by atoms with E-state index in [9.17, 15) is 9.46 Å². The van der Waals surface area contributed by atoms with E-state index in [1.54, 1.807) is 0 Å². The summed E-state index contributed by atoms with van der Waals surface area (Å²) >= 11 is 0. The zero-order valence-corrected chi connectivity index (χ0v) is 6.96. The van der Waals surface area contributed by atoms with E-state index < -0.39 is 7.82 Å². The van der Waals surface area contributed by atoms with E-state index in [2.05, 4.69) is 22.2 Å². The molecule has 0 N–H and O–H groups in total. The third kappa shape index (κ3) is 6.01. The first-order chi connectivity index (χ1) is 5.12. The van der Waals surface area contributed by atoms with Gasteiger partial charge in [-0.2, -0.15) is 0 Å². The maximum atomic E-state index is 10.6. The standard InChI is InChI=1S/C6H10O4P/c1-3-5-9-11(7,8)10-6-4-2/h3-4H,1-2,5-6H2. The van der Waals surface area contributed by atoms with Crippen LogP contribution in [0.1, 0.15) is 0 Å². The summed E-state index contributed by atoms with van der Waals surface area (Å²) < 4.78 is 19.2. The molecular weight excluding hydrogens is 167 g/mol. The van der Waals surface area contributed by atoms with Gasteiger partial charge in [-0.15, -0.1) is 18.1 Å². The number of hydrogen-bond donors (Lipinski definition) is 0. The third-order valence-corrected chi connectivity index (χ3v) is 1.63. The molecule has 0 aliphatic heterocycles. The predicted octanol–water partition coefficient (Wildman–Crippen LogP) is 1.93. The quantitative estimate of drug-likeness (QED) is 0.460. The highest BCUT2D eigenvalue weighted by Crippen LogP contribution is 2.44. The van der Waals surface area contributed by atoms with Crippen LogP contribution in [0.2, 0.25) is 0 Å². The molecule has 63 valence electrons. The molecule has 0 aromatic heterocycles. The average molecular weight is 177 g/mol. The highest BCUT2D eigenvalue weighted by molar-refractivity contribution is 7.47. The minimum absolute atomic E-state index is 0.0715. The summed E-state index contributed by atoms with van der Waals surface area (Å²) in [6.07, 6.45) is 2.64. The van der Waals surface area contributed by atoms with Gasteiger partial charge in [-0.1, -0.05) is 12.2 Å². The van der Waals surface area contributed by atoms with Crippen LogP contribution < -0.4 is 0 Å². The van der Waals surface area contributed by atoms with Gasteiger partial charge in [0.2, 0.25) is 0 Å². The van der Waals surface area contributed by atoms with Gasteiger partial charge in [0, 0.05) is 0 Å². The summed E-state index contributed by atoms with van der Waals surface area (Å²) in [5.74, 6) is 0. The molecule has 0 rings (SSSR count). The lowest BCUT2D eigenvalue weighted by Crippen LogP contribution is -1.93. The molecule has 0 aliphatic rings. The predicted molar refractivity (Wildman–Crippen MR) is 40.6 cm³/mol. The van der Waals surface area contributed by atoms with E-state index in [0.29, 0.717) is 0 Å². The molecule has 5 heteroatoms. The molecule has 0 unspecified atom stereocenters. The lowest BCUT2D eigenvalue weighted by molar-refractivity contribution is 0.150. The van der Waals surface area contributed by atoms with Crippen LogP contribution in [0.25, 0.3) is 0 Å². The molecule has 0 saturated heterocycles. The first kappa shape index (κ1) is 10.6. The molecule has 0 fully saturated rings. The van der Waals surface area contributed by atoms with Gasteiger partial charge in [0.15, 0.2) is 0 Å². The fraction of sp³-hybridized carbons (Fsp3) is 0.333. The molecule has 0 saturated carbocycles. The highest BCUT2D eigenvalue weighted by Gasteiger charge is 2.21. The second-order valence-corrected chi connectivity index (χ2v) is 3.03. The zero-order chi connectivity index (χ0) is 8.74. The van der Waals surface area contributed by atoms with Crippen molar-refractivity contribution in [1.29, 1.82) is 0 Å². The van der Waals surface area contributed by atoms with Crippen molar-refractivity contribution < 1.29 is 18.5 Å². The summed E-state index contributed by atoms with van der Waals surface area (Å²) in [5, 5.41) is 0. The molecule has 0 aromatic carbocycles. The Morgan fingerprint density at radius 1 is 1.18 bits per heavy atom. The van der Waals surface area contributed by atoms with Crippen molar-refractivity contribution >= 4 is 7.82 Å². The lowest BCUT2D eigenvalue weighted by Gasteiger charge is -2.05. The first-order valence-electron chi connectivity index (χ1n) is 2.94. The van der Waals surface area contributed by atoms with Gasteiger partial charge in [-0.3, -0.25) is 9.05 Å². The Kier molecular flexibility index (Phi) is 5.07. The van der Waals surface area contributed by atoms with Crippen molar-refractivity contribution in [3.05, 3.63) is 25.3 Å². The van der Waals surface area contributed by atoms with Crippen LogP contribution in [0, 0.1) is 0 Å². The second kappa shape index (κ2) is 5.27. The van der Waals surface area contributed by atoms with Crippen LogP contribution in [0.3, 0.4) is 0 Å². The molecule has 0 heterocycles. The van der Waals surface area contributed by atoms with Gasteiger partial charge in [0.25, 0.3) is 0 Å². The third-order valence-electron chi connectivity index (χ3n) is 0.701. The molecular formula is C6H10O4P. The van der Waals surface area contributed by atoms with Crippen molar-refractivity contribution in [2.24, 2.45) is 0 Å². The molecule has 0 aromatic rings. The molecule has 4 nitrogen and oxygen atoms in total. The Balaban J connectivity index is 3.69. The van der Waals surface area contributed by atoms with E-state index in [-0.39, 0.29) is 13.2 Å². The molecule has 0 amide bonds. The van der Waals surface area contributed by atoms with Gasteiger partial charge in [0.1, 0.15) is 0 Å². The summed E-state index contributed by atoms with van der Waals surface area (Å²) in [6, 6.07) is 0. The van der Waals surface area contributed by atoms with Gasteiger partial charge in [-0.25, -0.2) is 4.57 Å². The minimum Gasteiger partial charge on any atom is -0.281 e. The summed E-state index contributed by atoms with van der Waals surface area (Å²) in [6.45, 7) is 6.42. The van der Waals surface area contributed by atoms with Crippen molar-refractivity contribution in [2.45, 2.75) is 0 Å². The van der Waals surface area contributed by atoms with Crippen LogP contribution in [-0.4, -0.2) is 13.2 Å². The monoisotopic (exact) mass is 177 g/mol. The van der Waals surface area contributed by atoms with Gasteiger partial charge < -0.3 is 0 Å². The fourth-order valence-electron chi connectivity index (χ4n) is 0.325. The first-order valence-corrected chi connectivity index (χ1v) is 4.40. The summed E-state index contributed by atoms with van der Waals surface area (Å²) in [4.78, 5) is 10.6. The SMILES string of the molecule is C=CCOP([O])(=O)OCC=C. The van der Waals surface area contributed by atoms with Crippen LogP contribution >= 0.6 is 7.82 Å². The van der Waals surface area contributed by atoms with Gasteiger partial charge in [-0.05, 0) is 0 Å². The second-order valence-electron chi connectivity index (χ2n) is 1.62. The Labute approximate surface area is 65.8 Å². The zero-order valence-electron chi connectivity index (χ0n) is 6.06. The van der Waals surface area contributed by atoms with Crippen LogP contribution in [-0.2, 0) is 18.5 Å².